The number of ether oxygens (including phenoxy) is 1. The summed E-state index contributed by atoms with van der Waals surface area (Å²) in [5.74, 6) is -2.02. The summed E-state index contributed by atoms with van der Waals surface area (Å²) in [7, 11) is 0. The monoisotopic (exact) mass is 432 g/mol. The lowest BCUT2D eigenvalue weighted by molar-refractivity contribution is -0.119. The molecule has 0 unspecified atom stereocenters. The molecule has 0 bridgehead atoms. The third-order valence-corrected chi connectivity index (χ3v) is 5.18. The van der Waals surface area contributed by atoms with Gasteiger partial charge in [-0.3, -0.25) is 9.59 Å². The zero-order valence-electron chi connectivity index (χ0n) is 15.3. The fourth-order valence-corrected chi connectivity index (χ4v) is 3.73. The summed E-state index contributed by atoms with van der Waals surface area (Å²) >= 11 is 7.45. The Morgan fingerprint density at radius 2 is 1.97 bits per heavy atom. The van der Waals surface area contributed by atoms with Crippen molar-refractivity contribution >= 4 is 45.7 Å². The van der Waals surface area contributed by atoms with Crippen molar-refractivity contribution in [3.63, 3.8) is 0 Å². The molecule has 0 aliphatic carbocycles. The smallest absolute Gasteiger partial charge is 0.343 e. The van der Waals surface area contributed by atoms with Gasteiger partial charge in [0.1, 0.15) is 15.7 Å². The number of benzene rings is 1. The fraction of sp³-hybridized carbons (Fsp3) is 0.158. The van der Waals surface area contributed by atoms with Gasteiger partial charge in [-0.15, -0.1) is 11.3 Å². The van der Waals surface area contributed by atoms with E-state index in [0.29, 0.717) is 17.2 Å². The van der Waals surface area contributed by atoms with Crippen LogP contribution in [0.5, 0.6) is 0 Å². The first-order valence-corrected chi connectivity index (χ1v) is 9.73. The number of halogens is 1. The average molecular weight is 433 g/mol. The molecule has 3 aromatic rings. The number of amides is 2. The predicted molar refractivity (Wildman–Crippen MR) is 109 cm³/mol. The third-order valence-electron chi connectivity index (χ3n) is 3.96. The van der Waals surface area contributed by atoms with Crippen molar-refractivity contribution in [2.75, 3.05) is 11.9 Å². The van der Waals surface area contributed by atoms with Gasteiger partial charge in [0.15, 0.2) is 6.61 Å². The Morgan fingerprint density at radius 1 is 1.24 bits per heavy atom. The van der Waals surface area contributed by atoms with Gasteiger partial charge in [0.05, 0.1) is 17.8 Å². The molecule has 0 saturated carbocycles. The van der Waals surface area contributed by atoms with Gasteiger partial charge in [-0.1, -0.05) is 41.9 Å². The maximum absolute atomic E-state index is 12.4. The van der Waals surface area contributed by atoms with Crippen LogP contribution in [0.4, 0.5) is 5.00 Å². The van der Waals surface area contributed by atoms with Crippen LogP contribution in [0.2, 0.25) is 5.15 Å². The van der Waals surface area contributed by atoms with Crippen LogP contribution >= 0.6 is 22.9 Å². The molecule has 0 spiro atoms. The third kappa shape index (κ3) is 4.82. The summed E-state index contributed by atoms with van der Waals surface area (Å²) < 4.78 is 6.56. The second kappa shape index (κ2) is 8.89. The van der Waals surface area contributed by atoms with Crippen LogP contribution in [-0.4, -0.2) is 34.2 Å². The Bertz CT molecular complexity index is 1060. The number of rotatable bonds is 7. The lowest BCUT2D eigenvalue weighted by Crippen LogP contribution is -2.22. The highest BCUT2D eigenvalue weighted by Crippen LogP contribution is 2.23. The summed E-state index contributed by atoms with van der Waals surface area (Å²) in [6.45, 7) is 1.48. The van der Waals surface area contributed by atoms with Crippen LogP contribution in [0.15, 0.2) is 41.8 Å². The highest BCUT2D eigenvalue weighted by Gasteiger charge is 2.23. The highest BCUT2D eigenvalue weighted by atomic mass is 35.5. The lowest BCUT2D eigenvalue weighted by Gasteiger charge is -2.07. The number of nitrogens with zero attached hydrogens (tertiary/aromatic N) is 2. The summed E-state index contributed by atoms with van der Waals surface area (Å²) in [6.07, 6.45) is 0. The van der Waals surface area contributed by atoms with E-state index in [2.05, 4.69) is 10.4 Å². The standard InChI is InChI=1S/C19H17ClN4O4S/c1-11-15(16(20)24(23-11)9-12-5-3-2-4-6-12)19(27)28-10-14(25)22-18-13(17(21)26)7-8-29-18/h2-8H,9-10H2,1H3,(H2,21,26)(H,22,25). The highest BCUT2D eigenvalue weighted by molar-refractivity contribution is 7.14. The Morgan fingerprint density at radius 3 is 2.66 bits per heavy atom. The molecular formula is C19H17ClN4O4S. The molecule has 0 aliphatic rings. The van der Waals surface area contributed by atoms with Crippen LogP contribution in [0, 0.1) is 6.92 Å². The predicted octanol–water partition coefficient (Wildman–Crippen LogP) is 2.85. The molecule has 0 aliphatic heterocycles. The minimum absolute atomic E-state index is 0.101. The first kappa shape index (κ1) is 20.6. The minimum Gasteiger partial charge on any atom is -0.452 e. The van der Waals surface area contributed by atoms with Crippen LogP contribution in [-0.2, 0) is 16.1 Å². The summed E-state index contributed by atoms with van der Waals surface area (Å²) in [5, 5.41) is 8.82. The van der Waals surface area contributed by atoms with E-state index >= 15 is 0 Å². The van der Waals surface area contributed by atoms with Gasteiger partial charge in [0.2, 0.25) is 0 Å². The largest absolute Gasteiger partial charge is 0.452 e. The van der Waals surface area contributed by atoms with Crippen LogP contribution in [0.1, 0.15) is 32.0 Å². The molecule has 0 atom stereocenters. The van der Waals surface area contributed by atoms with Crippen LogP contribution < -0.4 is 11.1 Å². The SMILES string of the molecule is Cc1nn(Cc2ccccc2)c(Cl)c1C(=O)OCC(=O)Nc1sccc1C(N)=O. The number of primary amides is 1. The first-order chi connectivity index (χ1) is 13.9. The van der Waals surface area contributed by atoms with E-state index in [4.69, 9.17) is 22.1 Å². The van der Waals surface area contributed by atoms with Gasteiger partial charge in [-0.25, -0.2) is 9.48 Å². The van der Waals surface area contributed by atoms with Crippen molar-refractivity contribution in [2.24, 2.45) is 5.73 Å². The maximum Gasteiger partial charge on any atom is 0.343 e. The second-order valence-corrected chi connectivity index (χ2v) is 7.32. The minimum atomic E-state index is -0.761. The molecule has 29 heavy (non-hydrogen) atoms. The Hall–Kier alpha value is -3.17. The molecule has 2 heterocycles. The average Bonchev–Trinajstić information content (AvgIpc) is 3.25. The zero-order valence-corrected chi connectivity index (χ0v) is 16.9. The second-order valence-electron chi connectivity index (χ2n) is 6.05. The first-order valence-electron chi connectivity index (χ1n) is 8.48. The number of thiophene rings is 1. The number of carbonyl (C=O) groups is 3. The molecule has 0 saturated heterocycles. The summed E-state index contributed by atoms with van der Waals surface area (Å²) in [6, 6.07) is 11.0. The number of carbonyl (C=O) groups excluding carboxylic acids is 3. The molecule has 10 heteroatoms. The summed E-state index contributed by atoms with van der Waals surface area (Å²) in [4.78, 5) is 35.8. The maximum atomic E-state index is 12.4. The van der Waals surface area contributed by atoms with Gasteiger partial charge in [-0.2, -0.15) is 5.10 Å². The number of nitrogens with two attached hydrogens (primary N) is 1. The molecular weight excluding hydrogens is 416 g/mol. The van der Waals surface area contributed by atoms with Crippen LogP contribution in [0.25, 0.3) is 0 Å². The Kier molecular flexibility index (Phi) is 6.30. The fourth-order valence-electron chi connectivity index (χ4n) is 2.61. The van der Waals surface area contributed by atoms with Crippen molar-refractivity contribution in [3.05, 3.63) is 69.3 Å². The topological polar surface area (TPSA) is 116 Å². The van der Waals surface area contributed by atoms with E-state index < -0.39 is 24.4 Å². The van der Waals surface area contributed by atoms with Crippen molar-refractivity contribution in [3.8, 4) is 0 Å². The number of aryl methyl sites for hydroxylation is 1. The molecule has 2 aromatic heterocycles. The summed E-state index contributed by atoms with van der Waals surface area (Å²) in [5.41, 5.74) is 6.89. The normalized spacial score (nSPS) is 10.6. The van der Waals surface area contributed by atoms with Crippen LogP contribution in [0.3, 0.4) is 0 Å². The number of nitrogens with one attached hydrogen (secondary N) is 1. The Balaban J connectivity index is 1.64. The number of hydrogen-bond acceptors (Lipinski definition) is 6. The molecule has 3 rings (SSSR count). The van der Waals surface area contributed by atoms with E-state index in [9.17, 15) is 14.4 Å². The van der Waals surface area contributed by atoms with Crippen molar-refractivity contribution in [1.29, 1.82) is 0 Å². The number of anilines is 1. The van der Waals surface area contributed by atoms with Gasteiger partial charge >= 0.3 is 5.97 Å². The Labute approximate surface area is 175 Å². The van der Waals surface area contributed by atoms with Crippen molar-refractivity contribution in [2.45, 2.75) is 13.5 Å². The lowest BCUT2D eigenvalue weighted by atomic mass is 10.2. The number of aromatic nitrogens is 2. The van der Waals surface area contributed by atoms with E-state index in [1.165, 1.54) is 10.7 Å². The molecule has 8 nitrogen and oxygen atoms in total. The van der Waals surface area contributed by atoms with Gasteiger partial charge in [0.25, 0.3) is 11.8 Å². The van der Waals surface area contributed by atoms with Gasteiger partial charge < -0.3 is 15.8 Å². The molecule has 150 valence electrons. The van der Waals surface area contributed by atoms with Gasteiger partial charge in [-0.05, 0) is 23.9 Å². The molecule has 1 aromatic carbocycles. The number of esters is 1. The van der Waals surface area contributed by atoms with Gasteiger partial charge in [0, 0.05) is 0 Å². The zero-order chi connectivity index (χ0) is 21.0. The molecule has 2 amide bonds. The molecule has 0 radical (unpaired) electrons. The van der Waals surface area contributed by atoms with Crippen molar-refractivity contribution < 1.29 is 19.1 Å². The van der Waals surface area contributed by atoms with Crippen molar-refractivity contribution in [1.82, 2.24) is 9.78 Å². The quantitative estimate of drug-likeness (QED) is 0.557. The number of hydrogen-bond donors (Lipinski definition) is 2. The van der Waals surface area contributed by atoms with E-state index in [1.54, 1.807) is 12.3 Å². The van der Waals surface area contributed by atoms with E-state index in [1.807, 2.05) is 30.3 Å². The molecule has 3 N–H and O–H groups in total. The van der Waals surface area contributed by atoms with E-state index in [-0.39, 0.29) is 16.3 Å². The molecule has 0 fully saturated rings. The van der Waals surface area contributed by atoms with E-state index in [0.717, 1.165) is 16.9 Å².